The molecule has 0 amide bonds. The molecule has 0 aliphatic carbocycles. The predicted molar refractivity (Wildman–Crippen MR) is 72.6 cm³/mol. The van der Waals surface area contributed by atoms with E-state index in [-0.39, 0.29) is 0 Å². The van der Waals surface area contributed by atoms with Crippen molar-refractivity contribution >= 4 is 23.2 Å². The highest BCUT2D eigenvalue weighted by Crippen LogP contribution is 2.20. The first-order valence-electron chi connectivity index (χ1n) is 5.88. The Bertz CT molecular complexity index is 313. The maximum absolute atomic E-state index is 6.08. The molecule has 1 nitrogen and oxygen atoms in total. The molecule has 0 saturated heterocycles. The molecule has 1 aromatic rings. The molecule has 0 saturated carbocycles. The maximum atomic E-state index is 6.08. The Morgan fingerprint density at radius 1 is 1.12 bits per heavy atom. The van der Waals surface area contributed by atoms with E-state index in [2.05, 4.69) is 12.2 Å². The van der Waals surface area contributed by atoms with Crippen LogP contribution >= 0.6 is 23.2 Å². The standard InChI is InChI=1S/C13H19Cl2N/c1-2-3-4-8-16-9-7-11-5-6-12(14)10-13(11)15/h5-6,10,16H,2-4,7-9H2,1H3. The zero-order valence-corrected chi connectivity index (χ0v) is 11.2. The van der Waals surface area contributed by atoms with E-state index >= 15 is 0 Å². The minimum Gasteiger partial charge on any atom is -0.316 e. The summed E-state index contributed by atoms with van der Waals surface area (Å²) in [5.74, 6) is 0. The van der Waals surface area contributed by atoms with Gasteiger partial charge >= 0.3 is 0 Å². The highest BCUT2D eigenvalue weighted by molar-refractivity contribution is 6.35. The zero-order valence-electron chi connectivity index (χ0n) is 9.73. The molecule has 1 N–H and O–H groups in total. The zero-order chi connectivity index (χ0) is 11.8. The Kier molecular flexibility index (Phi) is 6.86. The largest absolute Gasteiger partial charge is 0.316 e. The van der Waals surface area contributed by atoms with Crippen LogP contribution in [0.25, 0.3) is 0 Å². The topological polar surface area (TPSA) is 12.0 Å². The first kappa shape index (κ1) is 13.8. The van der Waals surface area contributed by atoms with Crippen molar-refractivity contribution in [1.82, 2.24) is 5.32 Å². The highest BCUT2D eigenvalue weighted by Gasteiger charge is 2.00. The van der Waals surface area contributed by atoms with Gasteiger partial charge in [-0.3, -0.25) is 0 Å². The van der Waals surface area contributed by atoms with E-state index in [1.807, 2.05) is 12.1 Å². The third kappa shape index (κ3) is 5.20. The summed E-state index contributed by atoms with van der Waals surface area (Å²) >= 11 is 11.9. The van der Waals surface area contributed by atoms with Gasteiger partial charge in [-0.05, 0) is 43.6 Å². The van der Waals surface area contributed by atoms with Crippen LogP contribution in [0.4, 0.5) is 0 Å². The summed E-state index contributed by atoms with van der Waals surface area (Å²) in [6, 6.07) is 5.69. The van der Waals surface area contributed by atoms with Gasteiger partial charge in [0.05, 0.1) is 0 Å². The summed E-state index contributed by atoms with van der Waals surface area (Å²) < 4.78 is 0. The van der Waals surface area contributed by atoms with Crippen LogP contribution in [0, 0.1) is 0 Å². The van der Waals surface area contributed by atoms with E-state index < -0.39 is 0 Å². The van der Waals surface area contributed by atoms with Gasteiger partial charge in [0.25, 0.3) is 0 Å². The van der Waals surface area contributed by atoms with Crippen molar-refractivity contribution in [2.75, 3.05) is 13.1 Å². The number of nitrogens with one attached hydrogen (secondary N) is 1. The quantitative estimate of drug-likeness (QED) is 0.720. The van der Waals surface area contributed by atoms with Gasteiger partial charge in [-0.1, -0.05) is 49.0 Å². The second kappa shape index (κ2) is 7.94. The molecular formula is C13H19Cl2N. The molecule has 0 aromatic heterocycles. The first-order chi connectivity index (χ1) is 7.74. The van der Waals surface area contributed by atoms with Crippen molar-refractivity contribution < 1.29 is 0 Å². The molecule has 16 heavy (non-hydrogen) atoms. The maximum Gasteiger partial charge on any atom is 0.0453 e. The lowest BCUT2D eigenvalue weighted by molar-refractivity contribution is 0.617. The van der Waals surface area contributed by atoms with Crippen molar-refractivity contribution in [3.8, 4) is 0 Å². The van der Waals surface area contributed by atoms with Crippen LogP contribution in [0.2, 0.25) is 10.0 Å². The van der Waals surface area contributed by atoms with Crippen molar-refractivity contribution in [1.29, 1.82) is 0 Å². The molecule has 90 valence electrons. The molecule has 0 radical (unpaired) electrons. The Morgan fingerprint density at radius 3 is 2.62 bits per heavy atom. The molecule has 1 rings (SSSR count). The average Bonchev–Trinajstić information content (AvgIpc) is 2.26. The second-order valence-corrected chi connectivity index (χ2v) is 4.79. The molecule has 0 spiro atoms. The molecule has 3 heteroatoms. The first-order valence-corrected chi connectivity index (χ1v) is 6.64. The van der Waals surface area contributed by atoms with Gasteiger partial charge in [0, 0.05) is 10.0 Å². The van der Waals surface area contributed by atoms with Gasteiger partial charge in [0.2, 0.25) is 0 Å². The Balaban J connectivity index is 2.21. The number of benzene rings is 1. The van der Waals surface area contributed by atoms with E-state index in [4.69, 9.17) is 23.2 Å². The van der Waals surface area contributed by atoms with Crippen molar-refractivity contribution in [3.63, 3.8) is 0 Å². The lowest BCUT2D eigenvalue weighted by Crippen LogP contribution is -2.18. The minimum atomic E-state index is 0.699. The molecule has 0 aliphatic rings. The smallest absolute Gasteiger partial charge is 0.0453 e. The SMILES string of the molecule is CCCCCNCCc1ccc(Cl)cc1Cl. The van der Waals surface area contributed by atoms with E-state index in [1.54, 1.807) is 6.07 Å². The number of rotatable bonds is 7. The van der Waals surface area contributed by atoms with E-state index in [1.165, 1.54) is 19.3 Å². The monoisotopic (exact) mass is 259 g/mol. The van der Waals surface area contributed by atoms with Crippen molar-refractivity contribution in [2.24, 2.45) is 0 Å². The number of halogens is 2. The summed E-state index contributed by atoms with van der Waals surface area (Å²) in [5, 5.41) is 4.88. The highest BCUT2D eigenvalue weighted by atomic mass is 35.5. The fraction of sp³-hybridized carbons (Fsp3) is 0.538. The summed E-state index contributed by atoms with van der Waals surface area (Å²) in [6.45, 7) is 4.29. The fourth-order valence-electron chi connectivity index (χ4n) is 1.57. The van der Waals surface area contributed by atoms with Crippen LogP contribution in [0.1, 0.15) is 31.7 Å². The lowest BCUT2D eigenvalue weighted by atomic mass is 10.1. The van der Waals surface area contributed by atoms with Crippen LogP contribution in [0.3, 0.4) is 0 Å². The van der Waals surface area contributed by atoms with Gasteiger partial charge in [-0.25, -0.2) is 0 Å². The van der Waals surface area contributed by atoms with Crippen molar-refractivity contribution in [3.05, 3.63) is 33.8 Å². The average molecular weight is 260 g/mol. The summed E-state index contributed by atoms with van der Waals surface area (Å²) in [5.41, 5.74) is 1.16. The second-order valence-electron chi connectivity index (χ2n) is 3.94. The van der Waals surface area contributed by atoms with Crippen LogP contribution in [-0.4, -0.2) is 13.1 Å². The Hall–Kier alpha value is -0.240. The predicted octanol–water partition coefficient (Wildman–Crippen LogP) is 4.32. The fourth-order valence-corrected chi connectivity index (χ4v) is 2.08. The van der Waals surface area contributed by atoms with E-state index in [9.17, 15) is 0 Å². The van der Waals surface area contributed by atoms with E-state index in [0.29, 0.717) is 5.02 Å². The summed E-state index contributed by atoms with van der Waals surface area (Å²) in [7, 11) is 0. The molecule has 0 aliphatic heterocycles. The van der Waals surface area contributed by atoms with Crippen LogP contribution < -0.4 is 5.32 Å². The normalized spacial score (nSPS) is 10.7. The van der Waals surface area contributed by atoms with Gasteiger partial charge in [0.15, 0.2) is 0 Å². The third-order valence-corrected chi connectivity index (χ3v) is 3.13. The number of hydrogen-bond acceptors (Lipinski definition) is 1. The third-order valence-electron chi connectivity index (χ3n) is 2.54. The molecule has 0 fully saturated rings. The van der Waals surface area contributed by atoms with Crippen LogP contribution in [-0.2, 0) is 6.42 Å². The molecule has 1 aromatic carbocycles. The van der Waals surface area contributed by atoms with Gasteiger partial charge in [-0.15, -0.1) is 0 Å². The molecule has 0 atom stereocenters. The molecule has 0 heterocycles. The lowest BCUT2D eigenvalue weighted by Gasteiger charge is -2.06. The van der Waals surface area contributed by atoms with Gasteiger partial charge < -0.3 is 5.32 Å². The number of hydrogen-bond donors (Lipinski definition) is 1. The molecule has 0 unspecified atom stereocenters. The molecule has 0 bridgehead atoms. The van der Waals surface area contributed by atoms with Crippen LogP contribution in [0.15, 0.2) is 18.2 Å². The Labute approximate surface area is 108 Å². The summed E-state index contributed by atoms with van der Waals surface area (Å²) in [6.07, 6.45) is 4.78. The summed E-state index contributed by atoms with van der Waals surface area (Å²) in [4.78, 5) is 0. The van der Waals surface area contributed by atoms with Crippen LogP contribution in [0.5, 0.6) is 0 Å². The number of unbranched alkanes of at least 4 members (excludes halogenated alkanes) is 2. The van der Waals surface area contributed by atoms with Crippen molar-refractivity contribution in [2.45, 2.75) is 32.6 Å². The molecular weight excluding hydrogens is 241 g/mol. The van der Waals surface area contributed by atoms with E-state index in [0.717, 1.165) is 30.1 Å². The van der Waals surface area contributed by atoms with Gasteiger partial charge in [0.1, 0.15) is 0 Å². The minimum absolute atomic E-state index is 0.699. The van der Waals surface area contributed by atoms with Gasteiger partial charge in [-0.2, -0.15) is 0 Å². The Morgan fingerprint density at radius 2 is 1.94 bits per heavy atom.